The van der Waals surface area contributed by atoms with Crippen molar-refractivity contribution in [2.45, 2.75) is 19.1 Å². The molecule has 1 N–H and O–H groups in total. The van der Waals surface area contributed by atoms with Gasteiger partial charge in [-0.1, -0.05) is 11.6 Å². The third kappa shape index (κ3) is 3.56. The standard InChI is InChI=1S/C16H23ClN6O2/c1-10-13(17)14(20-19-10)16(24)23-5-6-25-12(9-21(2)3)15(23)11-7-18-22(4)8-11/h7-8,12,15H,5-6,9H2,1-4H3,(H,19,20)/t12-,15-/m0/s1. The smallest absolute Gasteiger partial charge is 0.276 e. The molecule has 2 aromatic heterocycles. The Hall–Kier alpha value is -1.90. The number of morpholine rings is 1. The molecule has 25 heavy (non-hydrogen) atoms. The van der Waals surface area contributed by atoms with Crippen LogP contribution in [0.25, 0.3) is 0 Å². The van der Waals surface area contributed by atoms with Gasteiger partial charge in [-0.2, -0.15) is 10.2 Å². The number of nitrogens with zero attached hydrogens (tertiary/aromatic N) is 5. The molecule has 0 unspecified atom stereocenters. The van der Waals surface area contributed by atoms with Gasteiger partial charge in [0.15, 0.2) is 5.69 Å². The molecule has 1 aliphatic heterocycles. The Morgan fingerprint density at radius 1 is 1.52 bits per heavy atom. The highest BCUT2D eigenvalue weighted by Gasteiger charge is 2.39. The number of aromatic amines is 1. The van der Waals surface area contributed by atoms with E-state index < -0.39 is 0 Å². The van der Waals surface area contributed by atoms with E-state index in [0.29, 0.717) is 30.4 Å². The number of hydrogen-bond acceptors (Lipinski definition) is 5. The second-order valence-corrected chi connectivity index (χ2v) is 6.95. The number of likely N-dealkylation sites (N-methyl/N-ethyl adjacent to an activating group) is 1. The maximum atomic E-state index is 13.1. The van der Waals surface area contributed by atoms with Crippen molar-refractivity contribution in [3.8, 4) is 0 Å². The quantitative estimate of drug-likeness (QED) is 0.881. The summed E-state index contributed by atoms with van der Waals surface area (Å²) < 4.78 is 7.71. The zero-order valence-electron chi connectivity index (χ0n) is 14.9. The highest BCUT2D eigenvalue weighted by molar-refractivity contribution is 6.34. The Morgan fingerprint density at radius 3 is 2.84 bits per heavy atom. The van der Waals surface area contributed by atoms with Crippen LogP contribution in [0, 0.1) is 6.92 Å². The lowest BCUT2D eigenvalue weighted by Crippen LogP contribution is -2.51. The summed E-state index contributed by atoms with van der Waals surface area (Å²) in [7, 11) is 5.82. The first-order valence-electron chi connectivity index (χ1n) is 8.14. The average molecular weight is 367 g/mol. The predicted octanol–water partition coefficient (Wildman–Crippen LogP) is 1.25. The van der Waals surface area contributed by atoms with Gasteiger partial charge in [0.25, 0.3) is 5.91 Å². The van der Waals surface area contributed by atoms with Crippen LogP contribution in [0.5, 0.6) is 0 Å². The van der Waals surface area contributed by atoms with E-state index >= 15 is 0 Å². The van der Waals surface area contributed by atoms with Gasteiger partial charge in [-0.05, 0) is 21.0 Å². The first-order chi connectivity index (χ1) is 11.9. The van der Waals surface area contributed by atoms with Crippen molar-refractivity contribution in [3.63, 3.8) is 0 Å². The van der Waals surface area contributed by atoms with Crippen molar-refractivity contribution >= 4 is 17.5 Å². The van der Waals surface area contributed by atoms with Crippen molar-refractivity contribution in [1.29, 1.82) is 0 Å². The molecule has 0 saturated carbocycles. The minimum absolute atomic E-state index is 0.157. The monoisotopic (exact) mass is 366 g/mol. The van der Waals surface area contributed by atoms with Gasteiger partial charge in [0.05, 0.1) is 35.7 Å². The number of hydrogen-bond donors (Lipinski definition) is 1. The Bertz CT molecular complexity index is 756. The minimum atomic E-state index is -0.245. The molecule has 0 radical (unpaired) electrons. The molecule has 2 atom stereocenters. The average Bonchev–Trinajstić information content (AvgIpc) is 3.13. The molecule has 0 spiro atoms. The summed E-state index contributed by atoms with van der Waals surface area (Å²) >= 11 is 6.24. The predicted molar refractivity (Wildman–Crippen MR) is 93.6 cm³/mol. The molecule has 1 saturated heterocycles. The molecule has 9 heteroatoms. The summed E-state index contributed by atoms with van der Waals surface area (Å²) in [6.45, 7) is 3.43. The number of carbonyl (C=O) groups excluding carboxylic acids is 1. The molecule has 2 aromatic rings. The first kappa shape index (κ1) is 17.9. The van der Waals surface area contributed by atoms with Crippen LogP contribution in [0.1, 0.15) is 27.8 Å². The second-order valence-electron chi connectivity index (χ2n) is 6.57. The van der Waals surface area contributed by atoms with Crippen LogP contribution in [0.4, 0.5) is 0 Å². The van der Waals surface area contributed by atoms with E-state index in [0.717, 1.165) is 5.56 Å². The second kappa shape index (κ2) is 7.15. The lowest BCUT2D eigenvalue weighted by atomic mass is 10.00. The molecule has 1 aliphatic rings. The van der Waals surface area contributed by atoms with Gasteiger partial charge in [-0.25, -0.2) is 0 Å². The van der Waals surface area contributed by atoms with Crippen molar-refractivity contribution in [2.24, 2.45) is 7.05 Å². The highest BCUT2D eigenvalue weighted by atomic mass is 35.5. The normalized spacial score (nSPS) is 21.1. The summed E-state index contributed by atoms with van der Waals surface area (Å²) in [5.41, 5.74) is 1.87. The Balaban J connectivity index is 1.97. The largest absolute Gasteiger partial charge is 0.373 e. The number of amides is 1. The van der Waals surface area contributed by atoms with E-state index in [1.807, 2.05) is 32.2 Å². The van der Waals surface area contributed by atoms with Crippen molar-refractivity contribution in [2.75, 3.05) is 33.8 Å². The number of rotatable bonds is 4. The maximum absolute atomic E-state index is 13.1. The maximum Gasteiger partial charge on any atom is 0.276 e. The van der Waals surface area contributed by atoms with Gasteiger partial charge in [-0.15, -0.1) is 0 Å². The van der Waals surface area contributed by atoms with Gasteiger partial charge in [0, 0.05) is 31.9 Å². The summed E-state index contributed by atoms with van der Waals surface area (Å²) in [6, 6.07) is -0.245. The van der Waals surface area contributed by atoms with Gasteiger partial charge in [0.2, 0.25) is 0 Å². The molecule has 0 bridgehead atoms. The topological polar surface area (TPSA) is 79.3 Å². The molecule has 0 aromatic carbocycles. The molecular formula is C16H23ClN6O2. The van der Waals surface area contributed by atoms with Gasteiger partial charge in [0.1, 0.15) is 0 Å². The van der Waals surface area contributed by atoms with Gasteiger partial charge >= 0.3 is 0 Å². The fourth-order valence-electron chi connectivity index (χ4n) is 3.15. The molecule has 3 rings (SSSR count). The zero-order valence-corrected chi connectivity index (χ0v) is 15.6. The summed E-state index contributed by atoms with van der Waals surface area (Å²) in [5.74, 6) is -0.199. The Morgan fingerprint density at radius 2 is 2.28 bits per heavy atom. The van der Waals surface area contributed by atoms with Crippen molar-refractivity contribution < 1.29 is 9.53 Å². The first-order valence-corrected chi connectivity index (χ1v) is 8.52. The molecule has 136 valence electrons. The lowest BCUT2D eigenvalue weighted by molar-refractivity contribution is -0.0686. The van der Waals surface area contributed by atoms with E-state index in [1.165, 1.54) is 0 Å². The molecule has 3 heterocycles. The van der Waals surface area contributed by atoms with E-state index in [2.05, 4.69) is 15.3 Å². The molecule has 1 fully saturated rings. The SMILES string of the molecule is Cc1[nH]nc(C(=O)N2CCO[C@@H](CN(C)C)[C@@H]2c2cnn(C)c2)c1Cl. The third-order valence-electron chi connectivity index (χ3n) is 4.30. The van der Waals surface area contributed by atoms with Gasteiger partial charge < -0.3 is 14.5 Å². The summed E-state index contributed by atoms with van der Waals surface area (Å²) in [4.78, 5) is 17.0. The number of H-pyrrole nitrogens is 1. The van der Waals surface area contributed by atoms with Crippen LogP contribution in [-0.4, -0.2) is 75.6 Å². The van der Waals surface area contributed by atoms with Crippen LogP contribution in [0.3, 0.4) is 0 Å². The minimum Gasteiger partial charge on any atom is -0.373 e. The molecule has 1 amide bonds. The fraction of sp³-hybridized carbons (Fsp3) is 0.562. The van der Waals surface area contributed by atoms with Crippen LogP contribution in [0.2, 0.25) is 5.02 Å². The number of nitrogens with one attached hydrogen (secondary N) is 1. The Kier molecular flexibility index (Phi) is 5.12. The van der Waals surface area contributed by atoms with Crippen molar-refractivity contribution in [3.05, 3.63) is 34.4 Å². The highest BCUT2D eigenvalue weighted by Crippen LogP contribution is 2.32. The van der Waals surface area contributed by atoms with Crippen molar-refractivity contribution in [1.82, 2.24) is 29.8 Å². The van der Waals surface area contributed by atoms with Gasteiger partial charge in [-0.3, -0.25) is 14.6 Å². The summed E-state index contributed by atoms with van der Waals surface area (Å²) in [6.07, 6.45) is 3.54. The number of aromatic nitrogens is 4. The van der Waals surface area contributed by atoms with E-state index in [1.54, 1.807) is 22.7 Å². The van der Waals surface area contributed by atoms with E-state index in [9.17, 15) is 4.79 Å². The summed E-state index contributed by atoms with van der Waals surface area (Å²) in [5, 5.41) is 11.5. The van der Waals surface area contributed by atoms with Crippen LogP contribution in [0.15, 0.2) is 12.4 Å². The number of halogens is 1. The number of carbonyl (C=O) groups is 1. The molecule has 0 aliphatic carbocycles. The zero-order chi connectivity index (χ0) is 18.1. The van der Waals surface area contributed by atoms with E-state index in [4.69, 9.17) is 16.3 Å². The van der Waals surface area contributed by atoms with Crippen LogP contribution >= 0.6 is 11.6 Å². The molecular weight excluding hydrogens is 344 g/mol. The van der Waals surface area contributed by atoms with Crippen LogP contribution in [-0.2, 0) is 11.8 Å². The number of ether oxygens (including phenoxy) is 1. The number of aryl methyl sites for hydroxylation is 2. The molecule has 8 nitrogen and oxygen atoms in total. The van der Waals surface area contributed by atoms with Crippen LogP contribution < -0.4 is 0 Å². The fourth-order valence-corrected chi connectivity index (χ4v) is 3.32. The van der Waals surface area contributed by atoms with E-state index in [-0.39, 0.29) is 23.7 Å². The lowest BCUT2D eigenvalue weighted by Gasteiger charge is -2.41. The third-order valence-corrected chi connectivity index (χ3v) is 4.76. The Labute approximate surface area is 151 Å².